The molecule has 1 amide bonds. The van der Waals surface area contributed by atoms with Crippen molar-refractivity contribution in [2.24, 2.45) is 5.73 Å². The summed E-state index contributed by atoms with van der Waals surface area (Å²) < 4.78 is 11.0. The number of nitrogens with two attached hydrogens (primary N) is 1. The fourth-order valence-corrected chi connectivity index (χ4v) is 2.87. The third kappa shape index (κ3) is 4.15. The molecule has 2 fully saturated rings. The molecule has 1 atom stereocenters. The second-order valence-corrected chi connectivity index (χ2v) is 5.51. The van der Waals surface area contributed by atoms with E-state index in [9.17, 15) is 4.79 Å². The van der Waals surface area contributed by atoms with Crippen molar-refractivity contribution < 1.29 is 14.3 Å². The van der Waals surface area contributed by atoms with Gasteiger partial charge in [0.2, 0.25) is 5.91 Å². The molecule has 2 N–H and O–H groups in total. The highest BCUT2D eigenvalue weighted by Crippen LogP contribution is 2.17. The maximum Gasteiger partial charge on any atom is 0.239 e. The quantitative estimate of drug-likeness (QED) is 0.749. The van der Waals surface area contributed by atoms with Crippen LogP contribution in [0.2, 0.25) is 0 Å². The van der Waals surface area contributed by atoms with E-state index in [4.69, 9.17) is 15.2 Å². The third-order valence-corrected chi connectivity index (χ3v) is 4.18. The Bertz CT molecular complexity index is 300. The predicted molar refractivity (Wildman–Crippen MR) is 76.5 cm³/mol. The number of hydrogen-bond acceptors (Lipinski definition) is 5. The van der Waals surface area contributed by atoms with Gasteiger partial charge in [0, 0.05) is 32.7 Å². The van der Waals surface area contributed by atoms with E-state index in [0.717, 1.165) is 39.0 Å². The van der Waals surface area contributed by atoms with Crippen LogP contribution in [0.15, 0.2) is 0 Å². The Kier molecular flexibility index (Phi) is 6.22. The molecule has 6 heteroatoms. The van der Waals surface area contributed by atoms with Crippen molar-refractivity contribution in [3.63, 3.8) is 0 Å². The zero-order valence-corrected chi connectivity index (χ0v) is 12.4. The molecule has 0 aromatic carbocycles. The number of rotatable bonds is 5. The van der Waals surface area contributed by atoms with Crippen LogP contribution in [0.4, 0.5) is 0 Å². The minimum atomic E-state index is -0.0384. The van der Waals surface area contributed by atoms with E-state index in [-0.39, 0.29) is 11.9 Å². The molecule has 0 aliphatic carbocycles. The molecule has 0 saturated carbocycles. The van der Waals surface area contributed by atoms with Crippen LogP contribution in [0.3, 0.4) is 0 Å². The van der Waals surface area contributed by atoms with Gasteiger partial charge in [-0.15, -0.1) is 0 Å². The van der Waals surface area contributed by atoms with E-state index in [1.54, 1.807) is 0 Å². The van der Waals surface area contributed by atoms with Gasteiger partial charge in [0.15, 0.2) is 0 Å². The monoisotopic (exact) mass is 285 g/mol. The smallest absolute Gasteiger partial charge is 0.239 e. The number of piperidine rings is 1. The van der Waals surface area contributed by atoms with Crippen molar-refractivity contribution in [1.29, 1.82) is 0 Å². The van der Waals surface area contributed by atoms with Gasteiger partial charge in [0.05, 0.1) is 32.0 Å². The molecule has 2 saturated heterocycles. The van der Waals surface area contributed by atoms with Gasteiger partial charge in [0.25, 0.3) is 0 Å². The van der Waals surface area contributed by atoms with Gasteiger partial charge in [-0.3, -0.25) is 9.69 Å². The Morgan fingerprint density at radius 1 is 1.30 bits per heavy atom. The molecule has 0 spiro atoms. The maximum absolute atomic E-state index is 12.4. The summed E-state index contributed by atoms with van der Waals surface area (Å²) in [5, 5.41) is 0. The van der Waals surface area contributed by atoms with Gasteiger partial charge in [-0.05, 0) is 19.8 Å². The largest absolute Gasteiger partial charge is 0.378 e. The van der Waals surface area contributed by atoms with Crippen LogP contribution in [-0.4, -0.2) is 80.4 Å². The van der Waals surface area contributed by atoms with Gasteiger partial charge in [-0.1, -0.05) is 0 Å². The highest BCUT2D eigenvalue weighted by molar-refractivity contribution is 5.81. The molecule has 6 nitrogen and oxygen atoms in total. The molecule has 0 radical (unpaired) electrons. The van der Waals surface area contributed by atoms with E-state index < -0.39 is 0 Å². The number of nitrogens with zero attached hydrogens (tertiary/aromatic N) is 2. The standard InChI is InChI=1S/C14H27N3O3/c1-12(14(18)17-7-10-19-11-8-17)16-5-2-13(3-6-16)20-9-4-15/h12-13H,2-11,15H2,1H3. The summed E-state index contributed by atoms with van der Waals surface area (Å²) in [4.78, 5) is 16.6. The lowest BCUT2D eigenvalue weighted by molar-refractivity contribution is -0.141. The van der Waals surface area contributed by atoms with Crippen LogP contribution in [0.25, 0.3) is 0 Å². The van der Waals surface area contributed by atoms with Gasteiger partial charge >= 0.3 is 0 Å². The highest BCUT2D eigenvalue weighted by atomic mass is 16.5. The number of morpholine rings is 1. The lowest BCUT2D eigenvalue weighted by atomic mass is 10.1. The van der Waals surface area contributed by atoms with Crippen molar-refractivity contribution in [3.8, 4) is 0 Å². The van der Waals surface area contributed by atoms with Gasteiger partial charge in [-0.2, -0.15) is 0 Å². The Hall–Kier alpha value is -0.690. The number of likely N-dealkylation sites (tertiary alicyclic amines) is 1. The van der Waals surface area contributed by atoms with Crippen LogP contribution in [-0.2, 0) is 14.3 Å². The first-order chi connectivity index (χ1) is 9.72. The normalized spacial score (nSPS) is 23.8. The predicted octanol–water partition coefficient (Wildman–Crippen LogP) is -0.327. The Labute approximate surface area is 121 Å². The molecule has 20 heavy (non-hydrogen) atoms. The van der Waals surface area contributed by atoms with Crippen LogP contribution < -0.4 is 5.73 Å². The molecule has 0 aromatic rings. The lowest BCUT2D eigenvalue weighted by Crippen LogP contribution is -2.52. The van der Waals surface area contributed by atoms with Gasteiger partial charge in [0.1, 0.15) is 0 Å². The third-order valence-electron chi connectivity index (χ3n) is 4.18. The van der Waals surface area contributed by atoms with Crippen LogP contribution in [0.1, 0.15) is 19.8 Å². The maximum atomic E-state index is 12.4. The van der Waals surface area contributed by atoms with Crippen LogP contribution in [0.5, 0.6) is 0 Å². The minimum Gasteiger partial charge on any atom is -0.378 e. The first kappa shape index (κ1) is 15.7. The van der Waals surface area contributed by atoms with Crippen molar-refractivity contribution in [2.45, 2.75) is 31.9 Å². The van der Waals surface area contributed by atoms with Gasteiger partial charge < -0.3 is 20.1 Å². The number of amides is 1. The van der Waals surface area contributed by atoms with E-state index in [0.29, 0.717) is 32.5 Å². The number of carbonyl (C=O) groups is 1. The van der Waals surface area contributed by atoms with Crippen LogP contribution in [0, 0.1) is 0 Å². The Morgan fingerprint density at radius 3 is 2.55 bits per heavy atom. The summed E-state index contributed by atoms with van der Waals surface area (Å²) >= 11 is 0. The molecule has 0 bridgehead atoms. The molecule has 0 aromatic heterocycles. The molecule has 2 aliphatic heterocycles. The molecule has 2 aliphatic rings. The van der Waals surface area contributed by atoms with E-state index in [2.05, 4.69) is 4.90 Å². The average Bonchev–Trinajstić information content (AvgIpc) is 2.53. The Morgan fingerprint density at radius 2 is 1.95 bits per heavy atom. The SMILES string of the molecule is CC(C(=O)N1CCOCC1)N1CCC(OCCN)CC1. The van der Waals surface area contributed by atoms with E-state index in [1.165, 1.54) is 0 Å². The summed E-state index contributed by atoms with van der Waals surface area (Å²) in [6, 6.07) is -0.0384. The van der Waals surface area contributed by atoms with E-state index >= 15 is 0 Å². The first-order valence-electron chi connectivity index (χ1n) is 7.64. The fourth-order valence-electron chi connectivity index (χ4n) is 2.87. The topological polar surface area (TPSA) is 68.0 Å². The van der Waals surface area contributed by atoms with Crippen LogP contribution >= 0.6 is 0 Å². The summed E-state index contributed by atoms with van der Waals surface area (Å²) in [6.07, 6.45) is 2.28. The molecule has 2 rings (SSSR count). The molecule has 1 unspecified atom stereocenters. The summed E-state index contributed by atoms with van der Waals surface area (Å²) in [5.41, 5.74) is 5.45. The van der Waals surface area contributed by atoms with Crippen molar-refractivity contribution in [3.05, 3.63) is 0 Å². The number of carbonyl (C=O) groups excluding carboxylic acids is 1. The second kappa shape index (κ2) is 7.93. The average molecular weight is 285 g/mol. The summed E-state index contributed by atoms with van der Waals surface area (Å²) in [5.74, 6) is 0.231. The molecular weight excluding hydrogens is 258 g/mol. The second-order valence-electron chi connectivity index (χ2n) is 5.51. The van der Waals surface area contributed by atoms with E-state index in [1.807, 2.05) is 11.8 Å². The number of hydrogen-bond donors (Lipinski definition) is 1. The highest BCUT2D eigenvalue weighted by Gasteiger charge is 2.30. The summed E-state index contributed by atoms with van der Waals surface area (Å²) in [7, 11) is 0. The Balaban J connectivity index is 1.75. The fraction of sp³-hybridized carbons (Fsp3) is 0.929. The summed E-state index contributed by atoms with van der Waals surface area (Å²) in [6.45, 7) is 7.83. The molecule has 2 heterocycles. The minimum absolute atomic E-state index is 0.0384. The zero-order valence-electron chi connectivity index (χ0n) is 12.4. The van der Waals surface area contributed by atoms with Gasteiger partial charge in [-0.25, -0.2) is 0 Å². The van der Waals surface area contributed by atoms with Crippen molar-refractivity contribution in [2.75, 3.05) is 52.5 Å². The van der Waals surface area contributed by atoms with Crippen molar-refractivity contribution in [1.82, 2.24) is 9.80 Å². The lowest BCUT2D eigenvalue weighted by Gasteiger charge is -2.38. The zero-order chi connectivity index (χ0) is 14.4. The number of ether oxygens (including phenoxy) is 2. The van der Waals surface area contributed by atoms with Crippen molar-refractivity contribution >= 4 is 5.91 Å². The molecule has 116 valence electrons. The first-order valence-corrected chi connectivity index (χ1v) is 7.64. The molecular formula is C14H27N3O3.